The third-order valence-corrected chi connectivity index (χ3v) is 2.15. The Hall–Kier alpha value is -1.10. The van der Waals surface area contributed by atoms with Gasteiger partial charge in [-0.1, -0.05) is 30.3 Å². The second kappa shape index (κ2) is 7.22. The van der Waals surface area contributed by atoms with Crippen molar-refractivity contribution in [1.82, 2.24) is 0 Å². The highest BCUT2D eigenvalue weighted by atomic mass is 35.5. The zero-order chi connectivity index (χ0) is 11.3. The average Bonchev–Trinajstić information content (AvgIpc) is 2.26. The van der Waals surface area contributed by atoms with Crippen LogP contribution in [0.3, 0.4) is 0 Å². The number of carboxylic acid groups (broad SMARTS) is 1. The largest absolute Gasteiger partial charge is 0.480 e. The van der Waals surface area contributed by atoms with Crippen LogP contribution in [0.15, 0.2) is 30.3 Å². The topological polar surface area (TPSA) is 72.5 Å². The SMILES string of the molecule is C[C@H](OCc1ccccc1)[C@H](N)C(=O)O.Cl. The molecular weight excluding hydrogens is 230 g/mol. The number of hydrogen-bond acceptors (Lipinski definition) is 3. The number of aliphatic carboxylic acids is 1. The van der Waals surface area contributed by atoms with E-state index in [9.17, 15) is 4.79 Å². The van der Waals surface area contributed by atoms with Gasteiger partial charge >= 0.3 is 5.97 Å². The molecule has 4 nitrogen and oxygen atoms in total. The molecule has 90 valence electrons. The summed E-state index contributed by atoms with van der Waals surface area (Å²) < 4.78 is 5.35. The van der Waals surface area contributed by atoms with Crippen LogP contribution >= 0.6 is 12.4 Å². The van der Waals surface area contributed by atoms with Crippen molar-refractivity contribution >= 4 is 18.4 Å². The van der Waals surface area contributed by atoms with Gasteiger partial charge in [0.1, 0.15) is 6.04 Å². The summed E-state index contributed by atoms with van der Waals surface area (Å²) in [4.78, 5) is 10.5. The number of benzene rings is 1. The van der Waals surface area contributed by atoms with Gasteiger partial charge in [0.05, 0.1) is 12.7 Å². The molecule has 0 amide bonds. The van der Waals surface area contributed by atoms with Gasteiger partial charge in [0.15, 0.2) is 0 Å². The van der Waals surface area contributed by atoms with E-state index in [1.807, 2.05) is 30.3 Å². The Morgan fingerprint density at radius 3 is 2.50 bits per heavy atom. The highest BCUT2D eigenvalue weighted by Gasteiger charge is 2.20. The Balaban J connectivity index is 0.00000225. The summed E-state index contributed by atoms with van der Waals surface area (Å²) in [6, 6.07) is 8.57. The third-order valence-electron chi connectivity index (χ3n) is 2.15. The van der Waals surface area contributed by atoms with Gasteiger partial charge in [-0.25, -0.2) is 0 Å². The van der Waals surface area contributed by atoms with Gasteiger partial charge in [0.25, 0.3) is 0 Å². The minimum absolute atomic E-state index is 0. The Morgan fingerprint density at radius 2 is 2.00 bits per heavy atom. The fourth-order valence-electron chi connectivity index (χ4n) is 1.11. The molecule has 1 aromatic rings. The van der Waals surface area contributed by atoms with E-state index in [4.69, 9.17) is 15.6 Å². The summed E-state index contributed by atoms with van der Waals surface area (Å²) in [5.41, 5.74) is 6.40. The van der Waals surface area contributed by atoms with Crippen molar-refractivity contribution in [2.75, 3.05) is 0 Å². The predicted octanol–water partition coefficient (Wildman–Crippen LogP) is 1.43. The molecule has 0 radical (unpaired) electrons. The Bertz CT molecular complexity index is 318. The van der Waals surface area contributed by atoms with Crippen molar-refractivity contribution in [2.24, 2.45) is 5.73 Å². The number of carboxylic acids is 1. The summed E-state index contributed by atoms with van der Waals surface area (Å²) in [7, 11) is 0. The van der Waals surface area contributed by atoms with Crippen LogP contribution < -0.4 is 5.73 Å². The van der Waals surface area contributed by atoms with E-state index in [0.717, 1.165) is 5.56 Å². The monoisotopic (exact) mass is 245 g/mol. The second-order valence-electron chi connectivity index (χ2n) is 3.37. The smallest absolute Gasteiger partial charge is 0.323 e. The second-order valence-corrected chi connectivity index (χ2v) is 3.37. The Labute approximate surface area is 101 Å². The zero-order valence-electron chi connectivity index (χ0n) is 9.00. The number of ether oxygens (including phenoxy) is 1. The Morgan fingerprint density at radius 1 is 1.44 bits per heavy atom. The molecule has 16 heavy (non-hydrogen) atoms. The molecular formula is C11H16ClNO3. The molecule has 0 saturated heterocycles. The van der Waals surface area contributed by atoms with Crippen molar-refractivity contribution < 1.29 is 14.6 Å². The molecule has 0 aromatic heterocycles. The first-order chi connectivity index (χ1) is 7.11. The van der Waals surface area contributed by atoms with Crippen LogP contribution in [0, 0.1) is 0 Å². The minimum Gasteiger partial charge on any atom is -0.480 e. The number of carbonyl (C=O) groups is 1. The van der Waals surface area contributed by atoms with Crippen molar-refractivity contribution in [2.45, 2.75) is 25.7 Å². The first-order valence-electron chi connectivity index (χ1n) is 4.75. The van der Waals surface area contributed by atoms with Crippen LogP contribution in [0.5, 0.6) is 0 Å². The van der Waals surface area contributed by atoms with Crippen molar-refractivity contribution in [3.8, 4) is 0 Å². The van der Waals surface area contributed by atoms with E-state index in [0.29, 0.717) is 6.61 Å². The molecule has 0 unspecified atom stereocenters. The molecule has 0 heterocycles. The zero-order valence-corrected chi connectivity index (χ0v) is 9.81. The van der Waals surface area contributed by atoms with Gasteiger partial charge in [-0.2, -0.15) is 0 Å². The quantitative estimate of drug-likeness (QED) is 0.823. The molecule has 0 aliphatic rings. The molecule has 0 bridgehead atoms. The first-order valence-corrected chi connectivity index (χ1v) is 4.75. The van der Waals surface area contributed by atoms with E-state index < -0.39 is 18.1 Å². The lowest BCUT2D eigenvalue weighted by molar-refractivity contribution is -0.142. The van der Waals surface area contributed by atoms with E-state index in [1.54, 1.807) is 6.92 Å². The maximum atomic E-state index is 10.5. The van der Waals surface area contributed by atoms with Crippen molar-refractivity contribution in [3.05, 3.63) is 35.9 Å². The third kappa shape index (κ3) is 4.61. The fourth-order valence-corrected chi connectivity index (χ4v) is 1.11. The van der Waals surface area contributed by atoms with Crippen molar-refractivity contribution in [1.29, 1.82) is 0 Å². The summed E-state index contributed by atoms with van der Waals surface area (Å²) in [5, 5.41) is 8.64. The molecule has 1 aromatic carbocycles. The lowest BCUT2D eigenvalue weighted by Gasteiger charge is -2.16. The van der Waals surface area contributed by atoms with Crippen molar-refractivity contribution in [3.63, 3.8) is 0 Å². The molecule has 2 atom stereocenters. The molecule has 0 spiro atoms. The average molecular weight is 246 g/mol. The van der Waals surface area contributed by atoms with Crippen LogP contribution in [0.1, 0.15) is 12.5 Å². The van der Waals surface area contributed by atoms with Gasteiger partial charge in [0.2, 0.25) is 0 Å². The highest BCUT2D eigenvalue weighted by molar-refractivity contribution is 5.85. The lowest BCUT2D eigenvalue weighted by Crippen LogP contribution is -2.41. The van der Waals surface area contributed by atoms with Gasteiger partial charge in [-0.3, -0.25) is 4.79 Å². The normalized spacial score (nSPS) is 13.6. The number of hydrogen-bond donors (Lipinski definition) is 2. The first kappa shape index (κ1) is 14.9. The highest BCUT2D eigenvalue weighted by Crippen LogP contribution is 2.05. The van der Waals surface area contributed by atoms with Gasteiger partial charge < -0.3 is 15.6 Å². The van der Waals surface area contributed by atoms with E-state index in [2.05, 4.69) is 0 Å². The molecule has 0 aliphatic carbocycles. The van der Waals surface area contributed by atoms with Crippen LogP contribution in [0.2, 0.25) is 0 Å². The minimum atomic E-state index is -1.05. The lowest BCUT2D eigenvalue weighted by atomic mass is 10.2. The van der Waals surface area contributed by atoms with Crippen LogP contribution in [0.4, 0.5) is 0 Å². The molecule has 0 saturated carbocycles. The van der Waals surface area contributed by atoms with E-state index in [-0.39, 0.29) is 12.4 Å². The van der Waals surface area contributed by atoms with Gasteiger partial charge in [-0.15, -0.1) is 12.4 Å². The number of rotatable bonds is 5. The summed E-state index contributed by atoms with van der Waals surface area (Å²) >= 11 is 0. The van der Waals surface area contributed by atoms with Gasteiger partial charge in [-0.05, 0) is 12.5 Å². The van der Waals surface area contributed by atoms with Gasteiger partial charge in [0, 0.05) is 0 Å². The van der Waals surface area contributed by atoms with E-state index in [1.165, 1.54) is 0 Å². The predicted molar refractivity (Wildman–Crippen MR) is 63.6 cm³/mol. The van der Waals surface area contributed by atoms with Crippen LogP contribution in [0.25, 0.3) is 0 Å². The molecule has 0 aliphatic heterocycles. The molecule has 5 heteroatoms. The maximum Gasteiger partial charge on any atom is 0.323 e. The van der Waals surface area contributed by atoms with E-state index >= 15 is 0 Å². The van der Waals surface area contributed by atoms with Crippen LogP contribution in [-0.2, 0) is 16.1 Å². The number of nitrogens with two attached hydrogens (primary N) is 1. The Kier molecular flexibility index (Phi) is 6.72. The summed E-state index contributed by atoms with van der Waals surface area (Å²) in [6.07, 6.45) is -0.497. The van der Waals surface area contributed by atoms with Crippen LogP contribution in [-0.4, -0.2) is 23.2 Å². The molecule has 3 N–H and O–H groups in total. The molecule has 0 fully saturated rings. The summed E-state index contributed by atoms with van der Waals surface area (Å²) in [6.45, 7) is 2.03. The number of halogens is 1. The fraction of sp³-hybridized carbons (Fsp3) is 0.364. The maximum absolute atomic E-state index is 10.5. The molecule has 1 rings (SSSR count). The summed E-state index contributed by atoms with van der Waals surface area (Å²) in [5.74, 6) is -1.05. The standard InChI is InChI=1S/C11H15NO3.ClH/c1-8(10(12)11(13)14)15-7-9-5-3-2-4-6-9;/h2-6,8,10H,7,12H2,1H3,(H,13,14);1H/t8-,10-;/m0./s1.